The van der Waals surface area contributed by atoms with Gasteiger partial charge in [-0.3, -0.25) is 14.4 Å². The van der Waals surface area contributed by atoms with E-state index in [0.29, 0.717) is 4.88 Å². The van der Waals surface area contributed by atoms with Crippen LogP contribution in [-0.2, 0) is 31.0 Å². The lowest BCUT2D eigenvalue weighted by atomic mass is 10.2. The first-order valence-electron chi connectivity index (χ1n) is 10.2. The van der Waals surface area contributed by atoms with E-state index in [1.807, 2.05) is 0 Å². The average Bonchev–Trinajstić information content (AvgIpc) is 3.41. The summed E-state index contributed by atoms with van der Waals surface area (Å²) in [6.07, 6.45) is -0.354. The zero-order chi connectivity index (χ0) is 25.3. The predicted molar refractivity (Wildman–Crippen MR) is 132 cm³/mol. The first kappa shape index (κ1) is 25.3. The van der Waals surface area contributed by atoms with Gasteiger partial charge in [0.15, 0.2) is 0 Å². The second-order valence-corrected chi connectivity index (χ2v) is 11.3. The Morgan fingerprint density at radius 2 is 1.86 bits per heavy atom. The monoisotopic (exact) mass is 552 g/mol. The van der Waals surface area contributed by atoms with E-state index in [4.69, 9.17) is 27.9 Å². The maximum Gasteiger partial charge on any atom is 0.308 e. The maximum atomic E-state index is 13.7. The van der Waals surface area contributed by atoms with Crippen molar-refractivity contribution in [3.05, 3.63) is 74.9 Å². The molecule has 12 heteroatoms. The van der Waals surface area contributed by atoms with Gasteiger partial charge in [-0.15, -0.1) is 11.3 Å². The van der Waals surface area contributed by atoms with E-state index in [2.05, 4.69) is 0 Å². The minimum atomic E-state index is -4.33. The second-order valence-electron chi connectivity index (χ2n) is 7.58. The maximum absolute atomic E-state index is 13.7. The molecule has 182 valence electrons. The zero-order valence-corrected chi connectivity index (χ0v) is 21.3. The number of amides is 2. The summed E-state index contributed by atoms with van der Waals surface area (Å²) in [5.41, 5.74) is 0.229. The molecule has 8 nitrogen and oxygen atoms in total. The Bertz CT molecular complexity index is 1390. The highest BCUT2D eigenvalue weighted by Gasteiger charge is 2.47. The Kier molecular flexibility index (Phi) is 7.30. The smallest absolute Gasteiger partial charge is 0.308 e. The van der Waals surface area contributed by atoms with Crippen LogP contribution in [0.4, 0.5) is 5.69 Å². The summed E-state index contributed by atoms with van der Waals surface area (Å²) in [6.45, 7) is 1.12. The number of thiophene rings is 1. The minimum absolute atomic E-state index is 0.0553. The number of benzene rings is 2. The molecule has 1 aromatic heterocycles. The largest absolute Gasteiger partial charge is 0.427 e. The van der Waals surface area contributed by atoms with Gasteiger partial charge in [-0.25, -0.2) is 13.3 Å². The van der Waals surface area contributed by atoms with Crippen molar-refractivity contribution < 1.29 is 27.5 Å². The van der Waals surface area contributed by atoms with Gasteiger partial charge in [-0.2, -0.15) is 4.31 Å². The number of halogens is 2. The SMILES string of the molecule is CC(=O)Oc1ccc(N2C(=O)CC(N(Cc3cccs3)S(=O)(=O)c3cc(Cl)ccc3Cl)C2=O)cc1. The Labute approximate surface area is 215 Å². The number of sulfonamides is 1. The Balaban J connectivity index is 1.71. The van der Waals surface area contributed by atoms with Gasteiger partial charge in [-0.05, 0) is 53.9 Å². The number of rotatable bonds is 7. The van der Waals surface area contributed by atoms with Gasteiger partial charge in [0.1, 0.15) is 16.7 Å². The van der Waals surface area contributed by atoms with Gasteiger partial charge >= 0.3 is 5.97 Å². The molecule has 2 amide bonds. The average molecular weight is 553 g/mol. The van der Waals surface area contributed by atoms with Crippen LogP contribution in [0.5, 0.6) is 5.75 Å². The van der Waals surface area contributed by atoms with Crippen LogP contribution >= 0.6 is 34.5 Å². The number of ether oxygens (including phenoxy) is 1. The fraction of sp³-hybridized carbons (Fsp3) is 0.174. The van der Waals surface area contributed by atoms with Gasteiger partial charge in [-0.1, -0.05) is 29.3 Å². The van der Waals surface area contributed by atoms with Gasteiger partial charge in [0.25, 0.3) is 5.91 Å². The standard InChI is InChI=1S/C23H18Cl2N2O6S2/c1-14(28)33-17-7-5-16(6-8-17)27-22(29)12-20(23(27)30)26(13-18-3-2-10-34-18)35(31,32)21-11-15(24)4-9-19(21)25/h2-11,20H,12-13H2,1H3. The van der Waals surface area contributed by atoms with Crippen LogP contribution in [0, 0.1) is 0 Å². The quantitative estimate of drug-likeness (QED) is 0.243. The summed E-state index contributed by atoms with van der Waals surface area (Å²) >= 11 is 13.5. The van der Waals surface area contributed by atoms with Crippen molar-refractivity contribution in [1.82, 2.24) is 4.31 Å². The summed E-state index contributed by atoms with van der Waals surface area (Å²) in [7, 11) is -4.33. The lowest BCUT2D eigenvalue weighted by Crippen LogP contribution is -2.45. The van der Waals surface area contributed by atoms with E-state index < -0.39 is 33.8 Å². The number of carbonyl (C=O) groups is 3. The number of imide groups is 1. The van der Waals surface area contributed by atoms with Crippen LogP contribution in [0.25, 0.3) is 0 Å². The highest BCUT2D eigenvalue weighted by Crippen LogP contribution is 2.34. The van der Waals surface area contributed by atoms with Gasteiger partial charge < -0.3 is 4.74 Å². The highest BCUT2D eigenvalue weighted by atomic mass is 35.5. The summed E-state index contributed by atoms with van der Waals surface area (Å²) in [5.74, 6) is -1.54. The molecule has 1 unspecified atom stereocenters. The molecule has 0 spiro atoms. The van der Waals surface area contributed by atoms with Crippen LogP contribution in [0.1, 0.15) is 18.2 Å². The molecule has 0 N–H and O–H groups in total. The van der Waals surface area contributed by atoms with Crippen molar-refractivity contribution >= 4 is 68.0 Å². The molecule has 1 aliphatic rings. The molecule has 4 rings (SSSR count). The lowest BCUT2D eigenvalue weighted by Gasteiger charge is -2.27. The fourth-order valence-corrected chi connectivity index (χ4v) is 6.74. The Morgan fingerprint density at radius 1 is 1.14 bits per heavy atom. The van der Waals surface area contributed by atoms with Crippen molar-refractivity contribution in [3.8, 4) is 5.75 Å². The third-order valence-electron chi connectivity index (χ3n) is 5.20. The van der Waals surface area contributed by atoms with Crippen LogP contribution in [-0.4, -0.2) is 36.5 Å². The third-order valence-corrected chi connectivity index (χ3v) is 8.63. The van der Waals surface area contributed by atoms with Crippen LogP contribution in [0.15, 0.2) is 64.9 Å². The van der Waals surface area contributed by atoms with E-state index in [0.717, 1.165) is 9.21 Å². The Morgan fingerprint density at radius 3 is 2.49 bits per heavy atom. The summed E-state index contributed by atoms with van der Waals surface area (Å²) in [6, 6.07) is 12.0. The highest BCUT2D eigenvalue weighted by molar-refractivity contribution is 7.89. The molecule has 0 aliphatic carbocycles. The molecule has 2 aromatic carbocycles. The van der Waals surface area contributed by atoms with E-state index in [9.17, 15) is 22.8 Å². The number of nitrogens with zero attached hydrogens (tertiary/aromatic N) is 2. The fourth-order valence-electron chi connectivity index (χ4n) is 3.66. The molecule has 1 atom stereocenters. The number of hydrogen-bond acceptors (Lipinski definition) is 7. The predicted octanol–water partition coefficient (Wildman–Crippen LogP) is 4.50. The minimum Gasteiger partial charge on any atom is -0.427 e. The number of esters is 1. The zero-order valence-electron chi connectivity index (χ0n) is 18.2. The van der Waals surface area contributed by atoms with Crippen LogP contribution in [0.2, 0.25) is 10.0 Å². The molecule has 3 aromatic rings. The number of carbonyl (C=O) groups excluding carboxylic acids is 3. The van der Waals surface area contributed by atoms with Gasteiger partial charge in [0, 0.05) is 23.4 Å². The van der Waals surface area contributed by atoms with Gasteiger partial charge in [0.2, 0.25) is 15.9 Å². The molecular weight excluding hydrogens is 535 g/mol. The van der Waals surface area contributed by atoms with Gasteiger partial charge in [0.05, 0.1) is 17.1 Å². The first-order valence-corrected chi connectivity index (χ1v) is 13.3. The topological polar surface area (TPSA) is 101 Å². The summed E-state index contributed by atoms with van der Waals surface area (Å²) in [4.78, 5) is 38.8. The van der Waals surface area contributed by atoms with Crippen molar-refractivity contribution in [2.24, 2.45) is 0 Å². The summed E-state index contributed by atoms with van der Waals surface area (Å²) < 4.78 is 33.4. The van der Waals surface area contributed by atoms with Crippen molar-refractivity contribution in [2.75, 3.05) is 4.90 Å². The van der Waals surface area contributed by atoms with Crippen molar-refractivity contribution in [1.29, 1.82) is 0 Å². The molecule has 0 saturated carbocycles. The normalized spacial score (nSPS) is 16.2. The molecule has 2 heterocycles. The van der Waals surface area contributed by atoms with Crippen LogP contribution in [0.3, 0.4) is 0 Å². The Hall–Kier alpha value is -2.76. The molecule has 1 saturated heterocycles. The molecule has 0 bridgehead atoms. The number of anilines is 1. The molecule has 1 aliphatic heterocycles. The molecular formula is C23H18Cl2N2O6S2. The van der Waals surface area contributed by atoms with E-state index in [1.54, 1.807) is 17.5 Å². The van der Waals surface area contributed by atoms with Crippen molar-refractivity contribution in [2.45, 2.75) is 30.8 Å². The van der Waals surface area contributed by atoms with E-state index in [1.165, 1.54) is 60.7 Å². The molecule has 1 fully saturated rings. The molecule has 0 radical (unpaired) electrons. The van der Waals surface area contributed by atoms with Crippen LogP contribution < -0.4 is 9.64 Å². The summed E-state index contributed by atoms with van der Waals surface area (Å²) in [5, 5.41) is 1.89. The third kappa shape index (κ3) is 5.26. The van der Waals surface area contributed by atoms with Crippen molar-refractivity contribution in [3.63, 3.8) is 0 Å². The molecule has 35 heavy (non-hydrogen) atoms. The second kappa shape index (κ2) is 10.1. The van der Waals surface area contributed by atoms with E-state index in [-0.39, 0.29) is 39.3 Å². The number of hydrogen-bond donors (Lipinski definition) is 0. The lowest BCUT2D eigenvalue weighted by molar-refractivity contribution is -0.132. The van der Waals surface area contributed by atoms with E-state index >= 15 is 0 Å². The first-order chi connectivity index (χ1) is 16.6.